The average molecular weight is 380 g/mol. The van der Waals surface area contributed by atoms with Crippen molar-refractivity contribution in [3.8, 4) is 6.07 Å². The van der Waals surface area contributed by atoms with Gasteiger partial charge in [0, 0.05) is 17.8 Å². The lowest BCUT2D eigenvalue weighted by Gasteiger charge is -2.38. The number of nitrogens with zero attached hydrogens (tertiary/aromatic N) is 3. The van der Waals surface area contributed by atoms with Crippen LogP contribution in [-0.4, -0.2) is 10.8 Å². The molecule has 1 aliphatic heterocycles. The van der Waals surface area contributed by atoms with E-state index in [0.29, 0.717) is 5.56 Å². The zero-order chi connectivity index (χ0) is 19.6. The molecule has 0 radical (unpaired) electrons. The van der Waals surface area contributed by atoms with E-state index in [2.05, 4.69) is 17.9 Å². The van der Waals surface area contributed by atoms with E-state index in [1.165, 1.54) is 12.1 Å². The van der Waals surface area contributed by atoms with Crippen molar-refractivity contribution < 1.29 is 9.72 Å². The third kappa shape index (κ3) is 3.37. The Morgan fingerprint density at radius 2 is 1.93 bits per heavy atom. The summed E-state index contributed by atoms with van der Waals surface area (Å²) >= 11 is 4.46. The van der Waals surface area contributed by atoms with Crippen molar-refractivity contribution in [1.82, 2.24) is 5.32 Å². The van der Waals surface area contributed by atoms with E-state index in [4.69, 9.17) is 0 Å². The van der Waals surface area contributed by atoms with Gasteiger partial charge in [0.05, 0.1) is 9.95 Å². The van der Waals surface area contributed by atoms with Gasteiger partial charge in [0.25, 0.3) is 11.6 Å². The minimum atomic E-state index is -0.643. The van der Waals surface area contributed by atoms with Crippen molar-refractivity contribution in [2.24, 2.45) is 0 Å². The molecule has 136 valence electrons. The Bertz CT molecular complexity index is 979. The van der Waals surface area contributed by atoms with Crippen LogP contribution in [0.1, 0.15) is 24.2 Å². The van der Waals surface area contributed by atoms with Gasteiger partial charge in [-0.1, -0.05) is 25.1 Å². The predicted octanol–water partition coefficient (Wildman–Crippen LogP) is 3.46. The number of rotatable bonds is 4. The second-order valence-corrected chi connectivity index (χ2v) is 6.31. The molecule has 1 amide bonds. The maximum atomic E-state index is 12.4. The van der Waals surface area contributed by atoms with Gasteiger partial charge >= 0.3 is 0 Å². The molecule has 8 heteroatoms. The summed E-state index contributed by atoms with van der Waals surface area (Å²) in [5.74, 6) is -0.531. The van der Waals surface area contributed by atoms with Crippen molar-refractivity contribution in [2.75, 3.05) is 4.90 Å². The topological polar surface area (TPSA) is 99.3 Å². The van der Waals surface area contributed by atoms with Gasteiger partial charge in [-0.15, -0.1) is 12.6 Å². The molecule has 7 nitrogen and oxygen atoms in total. The molecule has 0 aliphatic carbocycles. The van der Waals surface area contributed by atoms with Crippen LogP contribution in [0.5, 0.6) is 0 Å². The van der Waals surface area contributed by atoms with Gasteiger partial charge in [-0.3, -0.25) is 14.9 Å². The fourth-order valence-electron chi connectivity index (χ4n) is 3.01. The number of para-hydroxylation sites is 1. The molecule has 0 fully saturated rings. The van der Waals surface area contributed by atoms with Crippen molar-refractivity contribution in [2.45, 2.75) is 19.5 Å². The highest BCUT2D eigenvalue weighted by molar-refractivity contribution is 7.84. The zero-order valence-corrected chi connectivity index (χ0v) is 15.3. The quantitative estimate of drug-likeness (QED) is 0.481. The SMILES string of the molecule is CCc1ccccc1N1C(S)=C(C#N)C(=O)NC1c1ccc([N+](=O)[O-])cc1. The molecule has 3 rings (SSSR count). The lowest BCUT2D eigenvalue weighted by Crippen LogP contribution is -2.46. The number of nitrogens with one attached hydrogen (secondary N) is 1. The molecule has 27 heavy (non-hydrogen) atoms. The first kappa shape index (κ1) is 18.5. The average Bonchev–Trinajstić information content (AvgIpc) is 2.68. The molecular weight excluding hydrogens is 364 g/mol. The van der Waals surface area contributed by atoms with E-state index >= 15 is 0 Å². The summed E-state index contributed by atoms with van der Waals surface area (Å²) in [5, 5.41) is 23.3. The maximum absolute atomic E-state index is 12.4. The van der Waals surface area contributed by atoms with Crippen LogP contribution in [0.2, 0.25) is 0 Å². The summed E-state index contributed by atoms with van der Waals surface area (Å²) in [5.41, 5.74) is 2.34. The molecular formula is C19H16N4O3S. The standard InChI is InChI=1S/C19H16N4O3S/c1-2-12-5-3-4-6-16(12)22-17(21-18(24)15(11-20)19(22)27)13-7-9-14(10-8-13)23(25)26/h3-10,17,27H,2H2,1H3,(H,21,24). The number of aryl methyl sites for hydroxylation is 1. The Kier molecular flexibility index (Phi) is 5.14. The number of nitro groups is 1. The number of non-ortho nitro benzene ring substituents is 1. The van der Waals surface area contributed by atoms with Crippen LogP contribution in [-0.2, 0) is 11.2 Å². The molecule has 1 atom stereocenters. The Labute approximate surface area is 161 Å². The van der Waals surface area contributed by atoms with Crippen LogP contribution in [0.4, 0.5) is 11.4 Å². The first-order valence-electron chi connectivity index (χ1n) is 8.23. The van der Waals surface area contributed by atoms with Crippen molar-refractivity contribution in [3.63, 3.8) is 0 Å². The monoisotopic (exact) mass is 380 g/mol. The van der Waals surface area contributed by atoms with E-state index in [1.54, 1.807) is 17.0 Å². The molecule has 0 saturated carbocycles. The van der Waals surface area contributed by atoms with Crippen LogP contribution in [0.25, 0.3) is 0 Å². The van der Waals surface area contributed by atoms with E-state index in [-0.39, 0.29) is 16.3 Å². The molecule has 1 N–H and O–H groups in total. The van der Waals surface area contributed by atoms with Gasteiger partial charge in [0.1, 0.15) is 17.8 Å². The van der Waals surface area contributed by atoms with Crippen LogP contribution in [0, 0.1) is 21.4 Å². The Balaban J connectivity index is 2.16. The summed E-state index contributed by atoms with van der Waals surface area (Å²) in [4.78, 5) is 24.6. The van der Waals surface area contributed by atoms with Gasteiger partial charge in [0.2, 0.25) is 0 Å². The molecule has 0 aromatic heterocycles. The highest BCUT2D eigenvalue weighted by Crippen LogP contribution is 2.37. The first-order valence-corrected chi connectivity index (χ1v) is 8.68. The summed E-state index contributed by atoms with van der Waals surface area (Å²) in [7, 11) is 0. The van der Waals surface area contributed by atoms with Gasteiger partial charge in [-0.05, 0) is 35.7 Å². The van der Waals surface area contributed by atoms with E-state index in [0.717, 1.165) is 17.7 Å². The van der Waals surface area contributed by atoms with Gasteiger partial charge in [0.15, 0.2) is 0 Å². The molecule has 2 aromatic carbocycles. The fraction of sp³-hybridized carbons (Fsp3) is 0.158. The summed E-state index contributed by atoms with van der Waals surface area (Å²) in [6.45, 7) is 2.01. The predicted molar refractivity (Wildman–Crippen MR) is 104 cm³/mol. The Morgan fingerprint density at radius 3 is 2.52 bits per heavy atom. The van der Waals surface area contributed by atoms with Crippen molar-refractivity contribution >= 4 is 29.9 Å². The Morgan fingerprint density at radius 1 is 1.26 bits per heavy atom. The summed E-state index contributed by atoms with van der Waals surface area (Å²) in [6, 6.07) is 15.5. The second-order valence-electron chi connectivity index (χ2n) is 5.89. The highest BCUT2D eigenvalue weighted by atomic mass is 32.1. The third-order valence-electron chi connectivity index (χ3n) is 4.37. The molecule has 1 heterocycles. The van der Waals surface area contributed by atoms with E-state index in [9.17, 15) is 20.2 Å². The number of nitriles is 1. The highest BCUT2D eigenvalue weighted by Gasteiger charge is 2.34. The smallest absolute Gasteiger partial charge is 0.269 e. The van der Waals surface area contributed by atoms with Crippen LogP contribution >= 0.6 is 12.6 Å². The number of benzene rings is 2. The second kappa shape index (κ2) is 7.51. The molecule has 1 aliphatic rings. The summed E-state index contributed by atoms with van der Waals surface area (Å²) < 4.78 is 0. The lowest BCUT2D eigenvalue weighted by atomic mass is 10.0. The van der Waals surface area contributed by atoms with Gasteiger partial charge in [-0.2, -0.15) is 5.26 Å². The van der Waals surface area contributed by atoms with Crippen molar-refractivity contribution in [3.05, 3.63) is 80.4 Å². The van der Waals surface area contributed by atoms with Crippen molar-refractivity contribution in [1.29, 1.82) is 5.26 Å². The number of amides is 1. The lowest BCUT2D eigenvalue weighted by molar-refractivity contribution is -0.384. The first-order chi connectivity index (χ1) is 13.0. The number of anilines is 1. The zero-order valence-electron chi connectivity index (χ0n) is 14.4. The van der Waals surface area contributed by atoms with E-state index in [1.807, 2.05) is 37.3 Å². The molecule has 2 aromatic rings. The molecule has 0 bridgehead atoms. The summed E-state index contributed by atoms with van der Waals surface area (Å²) in [6.07, 6.45) is 0.104. The number of hydrogen-bond acceptors (Lipinski definition) is 6. The minimum Gasteiger partial charge on any atom is -0.327 e. The Hall–Kier alpha value is -3.31. The van der Waals surface area contributed by atoms with Gasteiger partial charge in [-0.25, -0.2) is 0 Å². The van der Waals surface area contributed by atoms with Gasteiger partial charge < -0.3 is 10.2 Å². The largest absolute Gasteiger partial charge is 0.327 e. The van der Waals surface area contributed by atoms with Crippen LogP contribution in [0.15, 0.2) is 59.1 Å². The minimum absolute atomic E-state index is 0.0410. The maximum Gasteiger partial charge on any atom is 0.269 e. The molecule has 1 unspecified atom stereocenters. The number of hydrogen-bond donors (Lipinski definition) is 2. The number of thiol groups is 1. The number of carbonyl (C=O) groups is 1. The van der Waals surface area contributed by atoms with Crippen LogP contribution < -0.4 is 10.2 Å². The van der Waals surface area contributed by atoms with E-state index < -0.39 is 17.0 Å². The molecule has 0 saturated heterocycles. The third-order valence-corrected chi connectivity index (χ3v) is 4.81. The normalized spacial score (nSPS) is 16.7. The molecule has 0 spiro atoms. The van der Waals surface area contributed by atoms with Crippen LogP contribution in [0.3, 0.4) is 0 Å². The number of nitro benzene ring substituents is 1. The fourth-order valence-corrected chi connectivity index (χ4v) is 3.39. The number of carbonyl (C=O) groups excluding carboxylic acids is 1.